The molecule has 16 heavy (non-hydrogen) atoms. The van der Waals surface area contributed by atoms with Gasteiger partial charge >= 0.3 is 0 Å². The molecule has 1 unspecified atom stereocenters. The van der Waals surface area contributed by atoms with Gasteiger partial charge in [-0.15, -0.1) is 0 Å². The van der Waals surface area contributed by atoms with Gasteiger partial charge in [-0.1, -0.05) is 6.42 Å². The van der Waals surface area contributed by atoms with Crippen molar-refractivity contribution in [3.63, 3.8) is 0 Å². The van der Waals surface area contributed by atoms with Gasteiger partial charge in [0.1, 0.15) is 0 Å². The molecule has 1 heterocycles. The van der Waals surface area contributed by atoms with Crippen LogP contribution in [0.4, 0.5) is 0 Å². The van der Waals surface area contributed by atoms with E-state index in [1.54, 1.807) is 0 Å². The Labute approximate surface area is 98.1 Å². The van der Waals surface area contributed by atoms with Crippen LogP contribution in [0, 0.1) is 11.8 Å². The van der Waals surface area contributed by atoms with Gasteiger partial charge in [0.15, 0.2) is 6.29 Å². The summed E-state index contributed by atoms with van der Waals surface area (Å²) in [5.41, 5.74) is 0. The SMILES string of the molecule is OC[C@@H]1CCC[C@H](COC2CCCCO2)C1. The Bertz CT molecular complexity index is 190. The molecule has 2 rings (SSSR count). The van der Waals surface area contributed by atoms with Crippen molar-refractivity contribution in [2.75, 3.05) is 19.8 Å². The minimum absolute atomic E-state index is 0.0447. The largest absolute Gasteiger partial charge is 0.396 e. The average molecular weight is 228 g/mol. The summed E-state index contributed by atoms with van der Waals surface area (Å²) >= 11 is 0. The summed E-state index contributed by atoms with van der Waals surface area (Å²) in [5, 5.41) is 9.16. The van der Waals surface area contributed by atoms with Crippen molar-refractivity contribution in [2.45, 2.75) is 51.2 Å². The van der Waals surface area contributed by atoms with Crippen molar-refractivity contribution < 1.29 is 14.6 Å². The van der Waals surface area contributed by atoms with Crippen LogP contribution in [0.2, 0.25) is 0 Å². The Morgan fingerprint density at radius 3 is 2.69 bits per heavy atom. The van der Waals surface area contributed by atoms with Gasteiger partial charge in [-0.2, -0.15) is 0 Å². The van der Waals surface area contributed by atoms with Gasteiger partial charge in [-0.05, 0) is 50.4 Å². The van der Waals surface area contributed by atoms with Crippen LogP contribution in [0.1, 0.15) is 44.9 Å². The van der Waals surface area contributed by atoms with E-state index < -0.39 is 0 Å². The first kappa shape index (κ1) is 12.3. The first-order valence-electron chi connectivity index (χ1n) is 6.72. The second-order valence-electron chi connectivity index (χ2n) is 5.21. The average Bonchev–Trinajstić information content (AvgIpc) is 2.38. The Morgan fingerprint density at radius 2 is 1.94 bits per heavy atom. The second-order valence-corrected chi connectivity index (χ2v) is 5.21. The molecule has 0 amide bonds. The van der Waals surface area contributed by atoms with Gasteiger partial charge in [0.05, 0.1) is 6.61 Å². The quantitative estimate of drug-likeness (QED) is 0.802. The van der Waals surface area contributed by atoms with Crippen LogP contribution in [0.15, 0.2) is 0 Å². The Morgan fingerprint density at radius 1 is 1.06 bits per heavy atom. The zero-order chi connectivity index (χ0) is 11.2. The number of hydrogen-bond donors (Lipinski definition) is 1. The lowest BCUT2D eigenvalue weighted by Gasteiger charge is -2.30. The van der Waals surface area contributed by atoms with Crippen LogP contribution in [-0.4, -0.2) is 31.2 Å². The van der Waals surface area contributed by atoms with Crippen molar-refractivity contribution in [1.29, 1.82) is 0 Å². The Kier molecular flexibility index (Phi) is 5.07. The van der Waals surface area contributed by atoms with E-state index in [4.69, 9.17) is 14.6 Å². The molecule has 3 nitrogen and oxygen atoms in total. The zero-order valence-electron chi connectivity index (χ0n) is 10.1. The minimum Gasteiger partial charge on any atom is -0.396 e. The molecular formula is C13H24O3. The van der Waals surface area contributed by atoms with E-state index in [2.05, 4.69) is 0 Å². The van der Waals surface area contributed by atoms with Gasteiger partial charge in [0.2, 0.25) is 0 Å². The summed E-state index contributed by atoms with van der Waals surface area (Å²) in [5.74, 6) is 1.14. The molecule has 2 fully saturated rings. The predicted octanol–water partition coefficient (Wildman–Crippen LogP) is 2.33. The van der Waals surface area contributed by atoms with E-state index >= 15 is 0 Å². The molecule has 3 heteroatoms. The van der Waals surface area contributed by atoms with E-state index in [0.717, 1.165) is 26.1 Å². The maximum absolute atomic E-state index is 9.16. The molecule has 3 atom stereocenters. The molecule has 2 aliphatic rings. The highest BCUT2D eigenvalue weighted by molar-refractivity contribution is 4.72. The molecule has 0 bridgehead atoms. The fourth-order valence-electron chi connectivity index (χ4n) is 2.81. The van der Waals surface area contributed by atoms with Crippen molar-refractivity contribution in [1.82, 2.24) is 0 Å². The van der Waals surface area contributed by atoms with Crippen LogP contribution in [0.25, 0.3) is 0 Å². The number of aliphatic hydroxyl groups excluding tert-OH is 1. The van der Waals surface area contributed by atoms with Crippen LogP contribution in [-0.2, 0) is 9.47 Å². The highest BCUT2D eigenvalue weighted by atomic mass is 16.7. The summed E-state index contributed by atoms with van der Waals surface area (Å²) in [6.07, 6.45) is 8.31. The highest BCUT2D eigenvalue weighted by Crippen LogP contribution is 2.29. The number of hydrogen-bond acceptors (Lipinski definition) is 3. The maximum atomic E-state index is 9.16. The molecule has 1 N–H and O–H groups in total. The van der Waals surface area contributed by atoms with Gasteiger partial charge in [-0.3, -0.25) is 0 Å². The molecule has 0 spiro atoms. The second kappa shape index (κ2) is 6.58. The third-order valence-electron chi connectivity index (χ3n) is 3.81. The van der Waals surface area contributed by atoms with Crippen molar-refractivity contribution in [3.05, 3.63) is 0 Å². The van der Waals surface area contributed by atoms with E-state index in [1.807, 2.05) is 0 Å². The van der Waals surface area contributed by atoms with E-state index in [0.29, 0.717) is 18.4 Å². The summed E-state index contributed by atoms with van der Waals surface area (Å²) in [6.45, 7) is 2.02. The molecular weight excluding hydrogens is 204 g/mol. The number of aliphatic hydroxyl groups is 1. The first-order chi connectivity index (χ1) is 7.88. The minimum atomic E-state index is 0.0447. The van der Waals surface area contributed by atoms with Crippen molar-refractivity contribution >= 4 is 0 Å². The number of rotatable bonds is 4. The zero-order valence-corrected chi connectivity index (χ0v) is 10.1. The number of ether oxygens (including phenoxy) is 2. The maximum Gasteiger partial charge on any atom is 0.157 e. The lowest BCUT2D eigenvalue weighted by Crippen LogP contribution is -2.27. The van der Waals surface area contributed by atoms with Crippen LogP contribution >= 0.6 is 0 Å². The summed E-state index contributed by atoms with van der Waals surface area (Å²) in [4.78, 5) is 0. The Hall–Kier alpha value is -0.120. The third kappa shape index (κ3) is 3.72. The third-order valence-corrected chi connectivity index (χ3v) is 3.81. The van der Waals surface area contributed by atoms with Crippen molar-refractivity contribution in [3.8, 4) is 0 Å². The lowest BCUT2D eigenvalue weighted by atomic mass is 9.82. The Balaban J connectivity index is 1.64. The normalized spacial score (nSPS) is 36.2. The molecule has 0 aromatic heterocycles. The molecule has 0 aromatic carbocycles. The molecule has 1 aliphatic carbocycles. The molecule has 1 saturated carbocycles. The standard InChI is InChI=1S/C13H24O3/c14-9-11-4-3-5-12(8-11)10-16-13-6-1-2-7-15-13/h11-14H,1-10H2/t11-,12+,13?/m1/s1. The molecule has 1 aliphatic heterocycles. The fourth-order valence-corrected chi connectivity index (χ4v) is 2.81. The van der Waals surface area contributed by atoms with Crippen LogP contribution in [0.5, 0.6) is 0 Å². The summed E-state index contributed by atoms with van der Waals surface area (Å²) < 4.78 is 11.4. The predicted molar refractivity (Wildman–Crippen MR) is 62.1 cm³/mol. The van der Waals surface area contributed by atoms with Gasteiger partial charge in [0, 0.05) is 13.2 Å². The lowest BCUT2D eigenvalue weighted by molar-refractivity contribution is -0.171. The van der Waals surface area contributed by atoms with Gasteiger partial charge in [0.25, 0.3) is 0 Å². The van der Waals surface area contributed by atoms with Gasteiger partial charge in [-0.25, -0.2) is 0 Å². The molecule has 0 aromatic rings. The molecule has 1 saturated heterocycles. The van der Waals surface area contributed by atoms with E-state index in [1.165, 1.54) is 32.1 Å². The van der Waals surface area contributed by atoms with Crippen LogP contribution < -0.4 is 0 Å². The molecule has 94 valence electrons. The van der Waals surface area contributed by atoms with Gasteiger partial charge < -0.3 is 14.6 Å². The van der Waals surface area contributed by atoms with Crippen molar-refractivity contribution in [2.24, 2.45) is 11.8 Å². The first-order valence-corrected chi connectivity index (χ1v) is 6.72. The smallest absolute Gasteiger partial charge is 0.157 e. The topological polar surface area (TPSA) is 38.7 Å². The molecule has 0 radical (unpaired) electrons. The monoisotopic (exact) mass is 228 g/mol. The van der Waals surface area contributed by atoms with E-state index in [9.17, 15) is 0 Å². The van der Waals surface area contributed by atoms with E-state index in [-0.39, 0.29) is 6.29 Å². The highest BCUT2D eigenvalue weighted by Gasteiger charge is 2.23. The summed E-state index contributed by atoms with van der Waals surface area (Å²) in [7, 11) is 0. The fraction of sp³-hybridized carbons (Fsp3) is 1.00. The van der Waals surface area contributed by atoms with Crippen LogP contribution in [0.3, 0.4) is 0 Å². The summed E-state index contributed by atoms with van der Waals surface area (Å²) in [6, 6.07) is 0.